The van der Waals surface area contributed by atoms with Gasteiger partial charge < -0.3 is 49.6 Å². The van der Waals surface area contributed by atoms with Crippen molar-refractivity contribution in [2.45, 2.75) is 212 Å². The second kappa shape index (κ2) is 18.7. The zero-order chi connectivity index (χ0) is 43.0. The Morgan fingerprint density at radius 2 is 0.745 bits per heavy atom. The van der Waals surface area contributed by atoms with Gasteiger partial charge in [0.05, 0.1) is 19.8 Å². The Hall–Kier alpha value is 1.30. The number of hydrogen-bond donors (Lipinski definition) is 0. The van der Waals surface area contributed by atoms with Gasteiger partial charge in [-0.1, -0.05) is 0 Å². The lowest BCUT2D eigenvalue weighted by atomic mass is 9.99. The van der Waals surface area contributed by atoms with E-state index in [0.29, 0.717) is 13.2 Å². The van der Waals surface area contributed by atoms with Crippen LogP contribution >= 0.6 is 0 Å². The summed E-state index contributed by atoms with van der Waals surface area (Å²) in [6.45, 7) is 53.6. The van der Waals surface area contributed by atoms with Crippen molar-refractivity contribution in [3.63, 3.8) is 0 Å². The average molecular weight is 920 g/mol. The van der Waals surface area contributed by atoms with Crippen molar-refractivity contribution in [2.75, 3.05) is 19.8 Å². The molecule has 2 aliphatic heterocycles. The van der Waals surface area contributed by atoms with Gasteiger partial charge in [-0.15, -0.1) is 0 Å². The zero-order valence-electron chi connectivity index (χ0n) is 39.7. The second-order valence-electron chi connectivity index (χ2n) is 23.3. The van der Waals surface area contributed by atoms with Crippen molar-refractivity contribution >= 4 is 66.5 Å². The van der Waals surface area contributed by atoms with Crippen LogP contribution in [0.2, 0.25) is 157 Å². The lowest BCUT2D eigenvalue weighted by Crippen LogP contribution is -2.68. The van der Waals surface area contributed by atoms with Gasteiger partial charge in [0.1, 0.15) is 42.7 Å². The van der Waals surface area contributed by atoms with Gasteiger partial charge in [-0.05, 0) is 157 Å². The van der Waals surface area contributed by atoms with Gasteiger partial charge in [-0.25, -0.2) is 0 Å². The summed E-state index contributed by atoms with van der Waals surface area (Å²) in [7, 11) is -17.0. The minimum absolute atomic E-state index is 0.136. The van der Waals surface area contributed by atoms with E-state index in [-0.39, 0.29) is 6.61 Å². The molecule has 9 atom stereocenters. The Morgan fingerprint density at radius 1 is 0.382 bits per heavy atom. The van der Waals surface area contributed by atoms with Crippen LogP contribution in [-0.2, 0) is 49.6 Å². The first-order valence-electron chi connectivity index (χ1n) is 20.5. The van der Waals surface area contributed by atoms with Crippen LogP contribution in [0.15, 0.2) is 0 Å². The van der Waals surface area contributed by atoms with E-state index in [0.717, 1.165) is 0 Å². The first-order valence-corrected chi connectivity index (χ1v) is 47.8. The summed E-state index contributed by atoms with van der Waals surface area (Å²) in [6.07, 6.45) is -4.49. The quantitative estimate of drug-likeness (QED) is 0.103. The third-order valence-corrected chi connectivity index (χ3v) is 15.8. The van der Waals surface area contributed by atoms with E-state index < -0.39 is 121 Å². The van der Waals surface area contributed by atoms with Gasteiger partial charge >= 0.3 is 0 Å². The van der Waals surface area contributed by atoms with Crippen LogP contribution in [-0.4, -0.2) is 141 Å². The molecule has 2 fully saturated rings. The number of ether oxygens (including phenoxy) is 3. The lowest BCUT2D eigenvalue weighted by molar-refractivity contribution is -0.376. The average Bonchev–Trinajstić information content (AvgIpc) is 3.15. The van der Waals surface area contributed by atoms with Crippen molar-refractivity contribution in [3.8, 4) is 0 Å². The maximum Gasteiger partial charge on any atom is 0.221 e. The zero-order valence-corrected chi connectivity index (χ0v) is 47.7. The van der Waals surface area contributed by atoms with Crippen LogP contribution in [0.3, 0.4) is 0 Å². The fourth-order valence-corrected chi connectivity index (χ4v) is 13.6. The highest BCUT2D eigenvalue weighted by molar-refractivity contribution is 6.72. The molecule has 19 heteroatoms. The van der Waals surface area contributed by atoms with Crippen molar-refractivity contribution < 1.29 is 49.6 Å². The lowest BCUT2D eigenvalue weighted by Gasteiger charge is -2.52. The third-order valence-electron chi connectivity index (χ3n) is 7.86. The molecule has 0 aliphatic carbocycles. The maximum absolute atomic E-state index is 7.53. The Kier molecular flexibility index (Phi) is 17.9. The second-order valence-corrected chi connectivity index (χ2v) is 59.1. The van der Waals surface area contributed by atoms with Gasteiger partial charge in [0.25, 0.3) is 0 Å². The maximum atomic E-state index is 7.53. The fourth-order valence-electron chi connectivity index (χ4n) is 6.21. The minimum atomic E-state index is -2.26. The Morgan fingerprint density at radius 3 is 1.15 bits per heavy atom. The molecule has 2 saturated heterocycles. The summed E-state index contributed by atoms with van der Waals surface area (Å²) >= 11 is 0. The fraction of sp³-hybridized carbons (Fsp3) is 1.00. The van der Waals surface area contributed by atoms with Gasteiger partial charge in [0.15, 0.2) is 72.8 Å². The molecule has 55 heavy (non-hydrogen) atoms. The van der Waals surface area contributed by atoms with Crippen LogP contribution < -0.4 is 0 Å². The van der Waals surface area contributed by atoms with E-state index in [9.17, 15) is 0 Å². The largest absolute Gasteiger partial charge is 0.415 e. The monoisotopic (exact) mass is 918 g/mol. The van der Waals surface area contributed by atoms with Crippen LogP contribution in [0, 0.1) is 0 Å². The molecule has 0 aromatic carbocycles. The first-order chi connectivity index (χ1) is 24.2. The van der Waals surface area contributed by atoms with Gasteiger partial charge in [-0.3, -0.25) is 0 Å². The Labute approximate surface area is 346 Å². The first kappa shape index (κ1) is 52.4. The molecule has 0 aromatic heterocycles. The van der Waals surface area contributed by atoms with Crippen molar-refractivity contribution in [1.29, 1.82) is 0 Å². The summed E-state index contributed by atoms with van der Waals surface area (Å²) in [6, 6.07) is 0. The van der Waals surface area contributed by atoms with E-state index in [1.54, 1.807) is 0 Å². The minimum Gasteiger partial charge on any atom is -0.415 e. The predicted octanol–water partition coefficient (Wildman–Crippen LogP) is 9.48. The van der Waals surface area contributed by atoms with Gasteiger partial charge in [0.2, 0.25) is 5.79 Å². The summed E-state index contributed by atoms with van der Waals surface area (Å²) in [5, 5.41) is 0. The summed E-state index contributed by atoms with van der Waals surface area (Å²) in [5.74, 6) is -1.41. The summed E-state index contributed by atoms with van der Waals surface area (Å²) in [4.78, 5) is 0. The van der Waals surface area contributed by atoms with E-state index in [2.05, 4.69) is 157 Å². The Bertz CT molecular complexity index is 1190. The van der Waals surface area contributed by atoms with Crippen LogP contribution in [0.25, 0.3) is 0 Å². The molecule has 0 bridgehead atoms. The van der Waals surface area contributed by atoms with Crippen molar-refractivity contribution in [2.24, 2.45) is 0 Å². The summed E-state index contributed by atoms with van der Waals surface area (Å²) in [5.41, 5.74) is 0. The standard InChI is InChI=1S/C36H86O11Si8/c1-48(2,3)37-25-28-30(43-51(10,11)12)32(45-53(16,17)18)33(46-54(19,20)21)35(40-28)42-36(27-39-50(7,8)9)34(47-55(22,23)24)31(44-52(13,14)15)29(41-36)26-38-49(4,5)6/h28-35H,25-27H2,1-24H3. The molecular formula is C36H86O11Si8. The Balaban J connectivity index is 2.98. The molecule has 0 radical (unpaired) electrons. The third kappa shape index (κ3) is 19.7. The molecular weight excluding hydrogens is 833 g/mol. The molecule has 328 valence electrons. The van der Waals surface area contributed by atoms with E-state index in [1.165, 1.54) is 0 Å². The molecule has 0 spiro atoms. The normalized spacial score (nSPS) is 31.0. The van der Waals surface area contributed by atoms with Gasteiger partial charge in [-0.2, -0.15) is 0 Å². The molecule has 11 nitrogen and oxygen atoms in total. The van der Waals surface area contributed by atoms with Crippen molar-refractivity contribution in [3.05, 3.63) is 0 Å². The molecule has 0 N–H and O–H groups in total. The highest BCUT2D eigenvalue weighted by Gasteiger charge is 2.63. The molecule has 0 saturated carbocycles. The molecule has 0 aromatic rings. The van der Waals surface area contributed by atoms with Crippen molar-refractivity contribution in [1.82, 2.24) is 0 Å². The molecule has 0 amide bonds. The number of hydrogen-bond acceptors (Lipinski definition) is 11. The van der Waals surface area contributed by atoms with Gasteiger partial charge in [0, 0.05) is 0 Å². The van der Waals surface area contributed by atoms with Crippen LogP contribution in [0.1, 0.15) is 0 Å². The molecule has 2 rings (SSSR count). The van der Waals surface area contributed by atoms with E-state index in [1.807, 2.05) is 0 Å². The highest BCUT2D eigenvalue weighted by Crippen LogP contribution is 2.44. The smallest absolute Gasteiger partial charge is 0.221 e. The van der Waals surface area contributed by atoms with E-state index in [4.69, 9.17) is 49.6 Å². The SMILES string of the molecule is C[Si](C)(C)OCC1OC(OC2(CO[Si](C)(C)C)OC(CO[Si](C)(C)C)C(O[Si](C)(C)C)C2O[Si](C)(C)C)C(O[Si](C)(C)C)C(O[Si](C)(C)C)C1O[Si](C)(C)C. The molecule has 9 unspecified atom stereocenters. The topological polar surface area (TPSA) is 102 Å². The summed E-state index contributed by atoms with van der Waals surface area (Å²) < 4.78 is 77.8. The predicted molar refractivity (Wildman–Crippen MR) is 246 cm³/mol. The molecule has 2 aliphatic rings. The molecule has 2 heterocycles. The highest BCUT2D eigenvalue weighted by atomic mass is 28.4. The number of rotatable bonds is 21. The van der Waals surface area contributed by atoms with Crippen LogP contribution in [0.5, 0.6) is 0 Å². The van der Waals surface area contributed by atoms with E-state index >= 15 is 0 Å². The van der Waals surface area contributed by atoms with Crippen LogP contribution in [0.4, 0.5) is 0 Å².